The molecule has 1 aromatic carbocycles. The van der Waals surface area contributed by atoms with Crippen LogP contribution in [0.2, 0.25) is 5.02 Å². The number of benzene rings is 1. The summed E-state index contributed by atoms with van der Waals surface area (Å²) >= 11 is 5.79. The molecule has 4 N–H and O–H groups in total. The van der Waals surface area contributed by atoms with Crippen LogP contribution in [0, 0.1) is 17.2 Å². The van der Waals surface area contributed by atoms with Gasteiger partial charge in [-0.3, -0.25) is 0 Å². The van der Waals surface area contributed by atoms with E-state index < -0.39 is 93.6 Å². The maximum atomic E-state index is 15.3. The first kappa shape index (κ1) is 28.1. The highest BCUT2D eigenvalue weighted by Gasteiger charge is 2.59. The lowest BCUT2D eigenvalue weighted by Gasteiger charge is -2.54. The van der Waals surface area contributed by atoms with Gasteiger partial charge in [0.1, 0.15) is 18.3 Å². The van der Waals surface area contributed by atoms with E-state index in [-0.39, 0.29) is 0 Å². The van der Waals surface area contributed by atoms with Crippen molar-refractivity contribution in [1.82, 2.24) is 5.32 Å². The lowest BCUT2D eigenvalue weighted by Crippen LogP contribution is -2.65. The van der Waals surface area contributed by atoms with Crippen molar-refractivity contribution in [1.29, 1.82) is 0 Å². The number of oxime groups is 1. The summed E-state index contributed by atoms with van der Waals surface area (Å²) in [5.41, 5.74) is -1.65. The van der Waals surface area contributed by atoms with E-state index in [9.17, 15) is 32.3 Å². The Bertz CT molecular complexity index is 1080. The molecule has 0 bridgehead atoms. The summed E-state index contributed by atoms with van der Waals surface area (Å²) in [6.07, 6.45) is -5.97. The molecule has 14 heteroatoms. The molecular weight excluding hydrogens is 505 g/mol. The van der Waals surface area contributed by atoms with Crippen LogP contribution in [-0.4, -0.2) is 42.8 Å². The van der Waals surface area contributed by atoms with Gasteiger partial charge in [0.25, 0.3) is 0 Å². The van der Waals surface area contributed by atoms with Gasteiger partial charge in [-0.15, -0.1) is 0 Å². The van der Waals surface area contributed by atoms with Gasteiger partial charge in [-0.05, 0) is 18.1 Å². The molecule has 0 aromatic heterocycles. The lowest BCUT2D eigenvalue weighted by atomic mass is 9.55. The van der Waals surface area contributed by atoms with Gasteiger partial charge < -0.3 is 30.9 Å². The second-order valence-electron chi connectivity index (χ2n) is 8.13. The van der Waals surface area contributed by atoms with Gasteiger partial charge in [-0.1, -0.05) is 30.6 Å². The number of esters is 1. The third-order valence-electron chi connectivity index (χ3n) is 6.12. The average Bonchev–Trinajstić information content (AvgIpc) is 2.77. The highest BCUT2D eigenvalue weighted by atomic mass is 35.5. The topological polar surface area (TPSA) is 137 Å². The van der Waals surface area contributed by atoms with Crippen LogP contribution in [-0.2, 0) is 20.5 Å². The number of aliphatic carboxylic acids is 1. The number of nitrogens with one attached hydrogen (secondary N) is 1. The fourth-order valence-corrected chi connectivity index (χ4v) is 4.98. The molecular formula is C21H22ClF5N3O5-. The van der Waals surface area contributed by atoms with Crippen LogP contribution in [0.4, 0.5) is 22.0 Å². The Morgan fingerprint density at radius 3 is 2.40 bits per heavy atom. The Labute approximate surface area is 201 Å². The first-order valence-electron chi connectivity index (χ1n) is 10.1. The van der Waals surface area contributed by atoms with Crippen molar-refractivity contribution in [3.8, 4) is 0 Å². The number of carboxylic acid groups (broad SMARTS) is 1. The maximum absolute atomic E-state index is 15.3. The third kappa shape index (κ3) is 4.73. The van der Waals surface area contributed by atoms with E-state index in [1.807, 2.05) is 0 Å². The van der Waals surface area contributed by atoms with Crippen molar-refractivity contribution in [2.24, 2.45) is 22.2 Å². The van der Waals surface area contributed by atoms with Gasteiger partial charge in [0.05, 0.1) is 34.9 Å². The lowest BCUT2D eigenvalue weighted by molar-refractivity contribution is -0.325. The van der Waals surface area contributed by atoms with E-state index in [4.69, 9.17) is 22.5 Å². The molecule has 0 fully saturated rings. The molecule has 0 aliphatic carbocycles. The fraction of sp³-hybridized carbons (Fsp3) is 0.476. The smallest absolute Gasteiger partial charge is 0.418 e. The van der Waals surface area contributed by atoms with Crippen LogP contribution in [0.5, 0.6) is 0 Å². The van der Waals surface area contributed by atoms with Crippen molar-refractivity contribution >= 4 is 29.4 Å². The SMILES string of the molecule is COC(=O)C1=C(CF)NC(CC(N)=NO)C(C(=O)[O-])(C(C)C)C1c1c(F)ccc(Cl)c1C(F)(F)F. The predicted molar refractivity (Wildman–Crippen MR) is 111 cm³/mol. The molecule has 1 aromatic rings. The number of carboxylic acids is 1. The Hall–Kier alpha value is -3.09. The van der Waals surface area contributed by atoms with Crippen LogP contribution in [0.3, 0.4) is 0 Å². The zero-order chi connectivity index (χ0) is 26.9. The van der Waals surface area contributed by atoms with Crippen molar-refractivity contribution < 1.29 is 46.6 Å². The molecule has 1 heterocycles. The quantitative estimate of drug-likeness (QED) is 0.124. The molecule has 8 nitrogen and oxygen atoms in total. The van der Waals surface area contributed by atoms with Gasteiger partial charge in [0, 0.05) is 29.4 Å². The second kappa shape index (κ2) is 10.3. The van der Waals surface area contributed by atoms with Crippen LogP contribution >= 0.6 is 11.6 Å². The van der Waals surface area contributed by atoms with Gasteiger partial charge in [-0.25, -0.2) is 13.6 Å². The molecule has 0 saturated heterocycles. The number of halogens is 6. The minimum absolute atomic E-state index is 0.567. The van der Waals surface area contributed by atoms with Gasteiger partial charge >= 0.3 is 12.1 Å². The summed E-state index contributed by atoms with van der Waals surface area (Å²) < 4.78 is 76.5. The Kier molecular flexibility index (Phi) is 8.25. The second-order valence-corrected chi connectivity index (χ2v) is 8.54. The number of methoxy groups -OCH3 is 1. The maximum Gasteiger partial charge on any atom is 0.418 e. The number of hydrogen-bond acceptors (Lipinski definition) is 7. The fourth-order valence-electron chi connectivity index (χ4n) is 4.71. The van der Waals surface area contributed by atoms with Gasteiger partial charge in [0.15, 0.2) is 0 Å². The summed E-state index contributed by atoms with van der Waals surface area (Å²) in [4.78, 5) is 25.6. The highest BCUT2D eigenvalue weighted by molar-refractivity contribution is 6.31. The largest absolute Gasteiger partial charge is 0.549 e. The number of nitrogens with zero attached hydrogens (tertiary/aromatic N) is 1. The summed E-state index contributed by atoms with van der Waals surface area (Å²) in [5.74, 6) is -9.04. The molecule has 0 amide bonds. The molecule has 3 unspecified atom stereocenters. The van der Waals surface area contributed by atoms with Crippen molar-refractivity contribution in [3.05, 3.63) is 45.4 Å². The number of nitrogens with two attached hydrogens (primary N) is 1. The van der Waals surface area contributed by atoms with Crippen molar-refractivity contribution in [3.63, 3.8) is 0 Å². The number of allylic oxidation sites excluding steroid dienone is 1. The van der Waals surface area contributed by atoms with E-state index in [0.29, 0.717) is 12.1 Å². The zero-order valence-electron chi connectivity index (χ0n) is 18.7. The molecule has 35 heavy (non-hydrogen) atoms. The minimum atomic E-state index is -5.31. The molecule has 1 aliphatic rings. The standard InChI is InChI=1S/C21H23ClF5N3O5/c1-8(2)20(19(32)33)12(6-13(28)30-34)29-11(7-23)15(18(31)35-3)17(20)14-10(24)5-4-9(22)16(14)21(25,26)27/h4-5,8,12,17,29,34H,6-7H2,1-3H3,(H2,28,30)(H,32,33)/p-1. The van der Waals surface area contributed by atoms with Crippen LogP contribution in [0.25, 0.3) is 0 Å². The Morgan fingerprint density at radius 1 is 1.37 bits per heavy atom. The number of rotatable bonds is 7. The molecule has 0 radical (unpaired) electrons. The number of carbonyl (C=O) groups excluding carboxylic acids is 2. The van der Waals surface area contributed by atoms with E-state index >= 15 is 4.39 Å². The molecule has 0 saturated carbocycles. The number of hydrogen-bond donors (Lipinski definition) is 3. The summed E-state index contributed by atoms with van der Waals surface area (Å²) in [6, 6.07) is -0.434. The minimum Gasteiger partial charge on any atom is -0.549 e. The number of ether oxygens (including phenoxy) is 1. The molecule has 194 valence electrons. The van der Waals surface area contributed by atoms with Crippen molar-refractivity contribution in [2.45, 2.75) is 38.4 Å². The average molecular weight is 527 g/mol. The highest BCUT2D eigenvalue weighted by Crippen LogP contribution is 2.56. The van der Waals surface area contributed by atoms with Crippen LogP contribution in [0.1, 0.15) is 37.3 Å². The van der Waals surface area contributed by atoms with E-state index in [2.05, 4.69) is 15.2 Å². The summed E-state index contributed by atoms with van der Waals surface area (Å²) in [7, 11) is 0.833. The van der Waals surface area contributed by atoms with Crippen molar-refractivity contribution in [2.75, 3.05) is 13.8 Å². The summed E-state index contributed by atoms with van der Waals surface area (Å²) in [6.45, 7) is 1.04. The Balaban J connectivity index is 3.21. The summed E-state index contributed by atoms with van der Waals surface area (Å²) in [5, 5.41) is 26.0. The van der Waals surface area contributed by atoms with Gasteiger partial charge in [0.2, 0.25) is 0 Å². The predicted octanol–water partition coefficient (Wildman–Crippen LogP) is 2.48. The number of carbonyl (C=O) groups is 2. The molecule has 3 atom stereocenters. The number of amidine groups is 1. The van der Waals surface area contributed by atoms with E-state index in [0.717, 1.165) is 7.11 Å². The first-order valence-corrected chi connectivity index (χ1v) is 10.4. The van der Waals surface area contributed by atoms with Crippen LogP contribution < -0.4 is 16.2 Å². The molecule has 2 rings (SSSR count). The monoisotopic (exact) mass is 526 g/mol. The van der Waals surface area contributed by atoms with E-state index in [1.165, 1.54) is 13.8 Å². The number of alkyl halides is 4. The Morgan fingerprint density at radius 2 is 1.97 bits per heavy atom. The third-order valence-corrected chi connectivity index (χ3v) is 6.43. The normalized spacial score (nSPS) is 23.3. The van der Waals surface area contributed by atoms with E-state index in [1.54, 1.807) is 0 Å². The van der Waals surface area contributed by atoms with Crippen LogP contribution in [0.15, 0.2) is 28.6 Å². The molecule has 1 aliphatic heterocycles. The van der Waals surface area contributed by atoms with Gasteiger partial charge in [-0.2, -0.15) is 13.2 Å². The first-order chi connectivity index (χ1) is 16.2. The zero-order valence-corrected chi connectivity index (χ0v) is 19.4. The molecule has 0 spiro atoms.